The second kappa shape index (κ2) is 9.63. The van der Waals surface area contributed by atoms with Crippen molar-refractivity contribution in [1.82, 2.24) is 0 Å². The summed E-state index contributed by atoms with van der Waals surface area (Å²) in [5.74, 6) is 0.293. The van der Waals surface area contributed by atoms with Crippen LogP contribution in [-0.4, -0.2) is 6.04 Å². The van der Waals surface area contributed by atoms with Gasteiger partial charge in [-0.2, -0.15) is 0 Å². The zero-order chi connectivity index (χ0) is 25.5. The van der Waals surface area contributed by atoms with Crippen LogP contribution in [0.25, 0.3) is 27.8 Å². The number of para-hydroxylation sites is 1. The van der Waals surface area contributed by atoms with Crippen LogP contribution in [0, 0.1) is 0 Å². The Morgan fingerprint density at radius 2 is 1.13 bits per heavy atom. The molecular weight excluding hydrogens is 526 g/mol. The molecule has 0 saturated carbocycles. The molecule has 5 aromatic carbocycles. The molecule has 0 saturated heterocycles. The van der Waals surface area contributed by atoms with Crippen LogP contribution in [0.1, 0.15) is 17.0 Å². The maximum atomic E-state index is 3.53. The van der Waals surface area contributed by atoms with Gasteiger partial charge in [0.05, 0.1) is 6.04 Å². The standard InChI is InChI=1S/C36H26BrN/c37-31-19-15-27(16-20-31)26-11-13-28(14-12-26)29-18-22-35-34(23-29)33-21-17-30(25-7-3-1-4-8-25)24-36(33)38(35)32-9-5-2-6-10-32/h1-24,34-35H. The molecule has 5 aromatic rings. The van der Waals surface area contributed by atoms with Gasteiger partial charge in [-0.05, 0) is 69.3 Å². The lowest BCUT2D eigenvalue weighted by Crippen LogP contribution is -2.28. The summed E-state index contributed by atoms with van der Waals surface area (Å²) in [6, 6.07) is 46.1. The molecular formula is C36H26BrN. The van der Waals surface area contributed by atoms with E-state index in [2.05, 4.69) is 166 Å². The van der Waals surface area contributed by atoms with Crippen LogP contribution in [-0.2, 0) is 0 Å². The maximum Gasteiger partial charge on any atom is 0.0630 e. The Kier molecular flexibility index (Phi) is 5.83. The first kappa shape index (κ1) is 23.0. The van der Waals surface area contributed by atoms with Crippen molar-refractivity contribution in [2.75, 3.05) is 4.90 Å². The first-order valence-electron chi connectivity index (χ1n) is 13.0. The van der Waals surface area contributed by atoms with Crippen LogP contribution < -0.4 is 4.90 Å². The van der Waals surface area contributed by atoms with E-state index in [0.29, 0.717) is 5.92 Å². The van der Waals surface area contributed by atoms with Gasteiger partial charge in [0.1, 0.15) is 0 Å². The van der Waals surface area contributed by atoms with E-state index in [-0.39, 0.29) is 6.04 Å². The average molecular weight is 553 g/mol. The van der Waals surface area contributed by atoms with Gasteiger partial charge in [-0.1, -0.05) is 131 Å². The summed E-state index contributed by atoms with van der Waals surface area (Å²) in [6.45, 7) is 0. The van der Waals surface area contributed by atoms with Crippen molar-refractivity contribution < 1.29 is 0 Å². The normalized spacial score (nSPS) is 17.6. The van der Waals surface area contributed by atoms with Crippen molar-refractivity contribution in [3.63, 3.8) is 0 Å². The van der Waals surface area contributed by atoms with Crippen LogP contribution >= 0.6 is 15.9 Å². The molecule has 2 heteroatoms. The Morgan fingerprint density at radius 1 is 0.553 bits per heavy atom. The fraction of sp³-hybridized carbons (Fsp3) is 0.0556. The fourth-order valence-corrected chi connectivity index (χ4v) is 6.05. The number of allylic oxidation sites excluding steroid dienone is 2. The summed E-state index contributed by atoms with van der Waals surface area (Å²) < 4.78 is 1.10. The Morgan fingerprint density at radius 3 is 1.84 bits per heavy atom. The van der Waals surface area contributed by atoms with Crippen LogP contribution in [0.3, 0.4) is 0 Å². The van der Waals surface area contributed by atoms with Gasteiger partial charge in [-0.3, -0.25) is 0 Å². The highest BCUT2D eigenvalue weighted by Gasteiger charge is 2.38. The Bertz CT molecular complexity index is 1650. The Labute approximate surface area is 232 Å². The summed E-state index contributed by atoms with van der Waals surface area (Å²) in [4.78, 5) is 2.51. The predicted molar refractivity (Wildman–Crippen MR) is 164 cm³/mol. The second-order valence-corrected chi connectivity index (χ2v) is 10.8. The highest BCUT2D eigenvalue weighted by Crippen LogP contribution is 2.50. The minimum atomic E-state index is 0.254. The molecule has 0 bridgehead atoms. The quantitative estimate of drug-likeness (QED) is 0.214. The highest BCUT2D eigenvalue weighted by molar-refractivity contribution is 9.10. The molecule has 182 valence electrons. The summed E-state index contributed by atoms with van der Waals surface area (Å²) in [5.41, 5.74) is 11.4. The first-order valence-corrected chi connectivity index (χ1v) is 13.8. The number of hydrogen-bond donors (Lipinski definition) is 0. The molecule has 0 spiro atoms. The van der Waals surface area contributed by atoms with Crippen molar-refractivity contribution in [1.29, 1.82) is 0 Å². The van der Waals surface area contributed by atoms with Crippen molar-refractivity contribution in [3.05, 3.63) is 161 Å². The third-order valence-electron chi connectivity index (χ3n) is 7.68. The minimum absolute atomic E-state index is 0.254. The van der Waals surface area contributed by atoms with E-state index in [1.807, 2.05) is 0 Å². The lowest BCUT2D eigenvalue weighted by molar-refractivity contribution is 0.747. The van der Waals surface area contributed by atoms with Gasteiger partial charge in [0.15, 0.2) is 0 Å². The average Bonchev–Trinajstić information content (AvgIpc) is 3.31. The largest absolute Gasteiger partial charge is 0.333 e. The van der Waals surface area contributed by atoms with E-state index >= 15 is 0 Å². The summed E-state index contributed by atoms with van der Waals surface area (Å²) in [6.07, 6.45) is 7.15. The number of fused-ring (bicyclic) bond motifs is 3. The molecule has 0 aromatic heterocycles. The van der Waals surface area contributed by atoms with Crippen LogP contribution in [0.2, 0.25) is 0 Å². The summed E-state index contributed by atoms with van der Waals surface area (Å²) >= 11 is 3.53. The smallest absolute Gasteiger partial charge is 0.0630 e. The third kappa shape index (κ3) is 4.12. The van der Waals surface area contributed by atoms with E-state index in [0.717, 1.165) is 4.47 Å². The fourth-order valence-electron chi connectivity index (χ4n) is 5.78. The second-order valence-electron chi connectivity index (χ2n) is 9.93. The van der Waals surface area contributed by atoms with Crippen molar-refractivity contribution in [3.8, 4) is 22.3 Å². The monoisotopic (exact) mass is 551 g/mol. The van der Waals surface area contributed by atoms with Gasteiger partial charge in [0.25, 0.3) is 0 Å². The van der Waals surface area contributed by atoms with Gasteiger partial charge in [-0.15, -0.1) is 0 Å². The van der Waals surface area contributed by atoms with Gasteiger partial charge < -0.3 is 4.90 Å². The number of halogens is 1. The molecule has 1 aliphatic carbocycles. The van der Waals surface area contributed by atoms with E-state index in [9.17, 15) is 0 Å². The lowest BCUT2D eigenvalue weighted by atomic mass is 9.85. The molecule has 2 aliphatic rings. The van der Waals surface area contributed by atoms with Crippen LogP contribution in [0.4, 0.5) is 11.4 Å². The number of anilines is 2. The Balaban J connectivity index is 1.27. The van der Waals surface area contributed by atoms with Gasteiger partial charge in [0, 0.05) is 21.8 Å². The maximum absolute atomic E-state index is 3.53. The van der Waals surface area contributed by atoms with Crippen molar-refractivity contribution in [2.24, 2.45) is 0 Å². The SMILES string of the molecule is Brc1ccc(-c2ccc(C3=CC4c5ccc(-c6ccccc6)cc5N(c5ccccc5)C4C=C3)cc2)cc1. The molecule has 0 fully saturated rings. The highest BCUT2D eigenvalue weighted by atomic mass is 79.9. The van der Waals surface area contributed by atoms with E-state index in [4.69, 9.17) is 0 Å². The topological polar surface area (TPSA) is 3.24 Å². The molecule has 38 heavy (non-hydrogen) atoms. The zero-order valence-electron chi connectivity index (χ0n) is 20.8. The van der Waals surface area contributed by atoms with E-state index in [1.54, 1.807) is 0 Å². The van der Waals surface area contributed by atoms with Crippen LogP contribution in [0.5, 0.6) is 0 Å². The predicted octanol–water partition coefficient (Wildman–Crippen LogP) is 10.0. The minimum Gasteiger partial charge on any atom is -0.333 e. The first-order chi connectivity index (χ1) is 18.7. The molecule has 1 heterocycles. The van der Waals surface area contributed by atoms with Gasteiger partial charge in [-0.25, -0.2) is 0 Å². The Hall–Kier alpha value is -4.14. The molecule has 0 amide bonds. The van der Waals surface area contributed by atoms with Crippen molar-refractivity contribution in [2.45, 2.75) is 12.0 Å². The molecule has 1 nitrogen and oxygen atoms in total. The van der Waals surface area contributed by atoms with E-state index < -0.39 is 0 Å². The zero-order valence-corrected chi connectivity index (χ0v) is 22.4. The summed E-state index contributed by atoms with van der Waals surface area (Å²) in [7, 11) is 0. The van der Waals surface area contributed by atoms with Gasteiger partial charge in [0.2, 0.25) is 0 Å². The molecule has 0 radical (unpaired) electrons. The van der Waals surface area contributed by atoms with Crippen molar-refractivity contribution >= 4 is 32.9 Å². The molecule has 0 N–H and O–H groups in total. The van der Waals surface area contributed by atoms with E-state index in [1.165, 1.54) is 50.3 Å². The summed E-state index contributed by atoms with van der Waals surface area (Å²) in [5, 5.41) is 0. The number of nitrogens with zero attached hydrogens (tertiary/aromatic N) is 1. The van der Waals surface area contributed by atoms with Gasteiger partial charge >= 0.3 is 0 Å². The van der Waals surface area contributed by atoms with Crippen LogP contribution in [0.15, 0.2) is 150 Å². The number of rotatable bonds is 4. The number of hydrogen-bond acceptors (Lipinski definition) is 1. The number of benzene rings is 5. The third-order valence-corrected chi connectivity index (χ3v) is 8.21. The lowest BCUT2D eigenvalue weighted by Gasteiger charge is -2.30. The molecule has 2 atom stereocenters. The molecule has 7 rings (SSSR count). The molecule has 1 aliphatic heterocycles. The molecule has 2 unspecified atom stereocenters.